The Labute approximate surface area is 161 Å². The van der Waals surface area contributed by atoms with Crippen molar-refractivity contribution in [3.05, 3.63) is 59.2 Å². The van der Waals surface area contributed by atoms with E-state index < -0.39 is 0 Å². The molecule has 0 unspecified atom stereocenters. The summed E-state index contributed by atoms with van der Waals surface area (Å²) in [6.07, 6.45) is 5.23. The maximum Gasteiger partial charge on any atom is 0.185 e. The molecule has 0 radical (unpaired) electrons. The number of carbonyl (C=O) groups excluding carboxylic acids is 1. The van der Waals surface area contributed by atoms with Gasteiger partial charge in [-0.3, -0.25) is 4.79 Å². The van der Waals surface area contributed by atoms with Gasteiger partial charge in [0.25, 0.3) is 0 Å². The van der Waals surface area contributed by atoms with Crippen molar-refractivity contribution >= 4 is 11.9 Å². The molecule has 0 saturated carbocycles. The summed E-state index contributed by atoms with van der Waals surface area (Å²) in [5.41, 5.74) is 2.47. The van der Waals surface area contributed by atoms with Gasteiger partial charge in [0.15, 0.2) is 5.78 Å². The zero-order chi connectivity index (χ0) is 19.6. The molecular formula is C23H28O4. The Bertz CT molecular complexity index is 746. The lowest BCUT2D eigenvalue weighted by molar-refractivity contribution is 0.104. The number of carbonyl (C=O) groups is 1. The number of hydrogen-bond acceptors (Lipinski definition) is 4. The second-order valence-corrected chi connectivity index (χ2v) is 6.27. The van der Waals surface area contributed by atoms with Crippen LogP contribution < -0.4 is 14.2 Å². The Kier molecular flexibility index (Phi) is 7.93. The Morgan fingerprint density at radius 2 is 1.52 bits per heavy atom. The van der Waals surface area contributed by atoms with E-state index in [0.29, 0.717) is 18.8 Å². The highest BCUT2D eigenvalue weighted by atomic mass is 16.5. The van der Waals surface area contributed by atoms with Crippen molar-refractivity contribution in [2.24, 2.45) is 0 Å². The van der Waals surface area contributed by atoms with E-state index in [-0.39, 0.29) is 5.78 Å². The third-order valence-electron chi connectivity index (χ3n) is 4.06. The van der Waals surface area contributed by atoms with E-state index in [1.807, 2.05) is 19.1 Å². The van der Waals surface area contributed by atoms with Crippen molar-refractivity contribution in [2.75, 3.05) is 20.3 Å². The molecule has 0 atom stereocenters. The SMILES string of the molecule is CCCOc1cc(C=CC(=O)c2ccc(OC)cc2)cc(OCCC)c1C. The Balaban J connectivity index is 2.23. The Morgan fingerprint density at radius 1 is 0.963 bits per heavy atom. The number of methoxy groups -OCH3 is 1. The average molecular weight is 368 g/mol. The van der Waals surface area contributed by atoms with Crippen LogP contribution in [0.25, 0.3) is 6.08 Å². The van der Waals surface area contributed by atoms with E-state index in [0.717, 1.165) is 41.2 Å². The third-order valence-corrected chi connectivity index (χ3v) is 4.06. The molecule has 0 aliphatic heterocycles. The number of ketones is 1. The highest BCUT2D eigenvalue weighted by molar-refractivity contribution is 6.06. The number of hydrogen-bond donors (Lipinski definition) is 0. The van der Waals surface area contributed by atoms with Gasteiger partial charge in [-0.15, -0.1) is 0 Å². The van der Waals surface area contributed by atoms with Gasteiger partial charge in [0, 0.05) is 11.1 Å². The second-order valence-electron chi connectivity index (χ2n) is 6.27. The normalized spacial score (nSPS) is 10.8. The maximum atomic E-state index is 12.4. The van der Waals surface area contributed by atoms with Crippen LogP contribution in [0.1, 0.15) is 48.2 Å². The number of allylic oxidation sites excluding steroid dienone is 1. The Hall–Kier alpha value is -2.75. The van der Waals surface area contributed by atoms with Crippen LogP contribution >= 0.6 is 0 Å². The Morgan fingerprint density at radius 3 is 2.00 bits per heavy atom. The monoisotopic (exact) mass is 368 g/mol. The van der Waals surface area contributed by atoms with Gasteiger partial charge in [-0.05, 0) is 67.8 Å². The van der Waals surface area contributed by atoms with E-state index in [9.17, 15) is 4.79 Å². The topological polar surface area (TPSA) is 44.8 Å². The molecule has 2 aromatic carbocycles. The van der Waals surface area contributed by atoms with Gasteiger partial charge < -0.3 is 14.2 Å². The van der Waals surface area contributed by atoms with Gasteiger partial charge in [0.2, 0.25) is 0 Å². The van der Waals surface area contributed by atoms with Crippen LogP contribution in [0.4, 0.5) is 0 Å². The van der Waals surface area contributed by atoms with Gasteiger partial charge in [0.1, 0.15) is 17.2 Å². The van der Waals surface area contributed by atoms with E-state index in [1.165, 1.54) is 0 Å². The minimum absolute atomic E-state index is 0.0646. The molecule has 0 amide bonds. The van der Waals surface area contributed by atoms with Crippen LogP contribution in [0.3, 0.4) is 0 Å². The summed E-state index contributed by atoms with van der Waals surface area (Å²) in [5, 5.41) is 0. The van der Waals surface area contributed by atoms with Gasteiger partial charge in [0.05, 0.1) is 20.3 Å². The van der Waals surface area contributed by atoms with Gasteiger partial charge in [-0.1, -0.05) is 19.9 Å². The van der Waals surface area contributed by atoms with Crippen LogP contribution in [0.2, 0.25) is 0 Å². The lowest BCUT2D eigenvalue weighted by Crippen LogP contribution is -2.02. The predicted octanol–water partition coefficient (Wildman–Crippen LogP) is 5.48. The largest absolute Gasteiger partial charge is 0.497 e. The van der Waals surface area contributed by atoms with E-state index in [1.54, 1.807) is 43.5 Å². The third kappa shape index (κ3) is 5.88. The lowest BCUT2D eigenvalue weighted by Gasteiger charge is -2.14. The summed E-state index contributed by atoms with van der Waals surface area (Å²) in [6.45, 7) is 7.42. The van der Waals surface area contributed by atoms with Crippen LogP contribution in [0.15, 0.2) is 42.5 Å². The highest BCUT2D eigenvalue weighted by Gasteiger charge is 2.09. The van der Waals surface area contributed by atoms with Crippen molar-refractivity contribution < 1.29 is 19.0 Å². The van der Waals surface area contributed by atoms with E-state index >= 15 is 0 Å². The molecule has 2 aromatic rings. The molecule has 0 fully saturated rings. The smallest absolute Gasteiger partial charge is 0.185 e. The fraction of sp³-hybridized carbons (Fsp3) is 0.348. The van der Waals surface area contributed by atoms with Crippen molar-refractivity contribution in [1.29, 1.82) is 0 Å². The van der Waals surface area contributed by atoms with Crippen LogP contribution in [0.5, 0.6) is 17.2 Å². The summed E-state index contributed by atoms with van der Waals surface area (Å²) in [6, 6.07) is 11.0. The molecule has 27 heavy (non-hydrogen) atoms. The molecule has 2 rings (SSSR count). The molecule has 0 bridgehead atoms. The van der Waals surface area contributed by atoms with Crippen molar-refractivity contribution in [2.45, 2.75) is 33.6 Å². The molecule has 0 saturated heterocycles. The summed E-state index contributed by atoms with van der Waals surface area (Å²) < 4.78 is 16.8. The summed E-state index contributed by atoms with van der Waals surface area (Å²) in [7, 11) is 1.60. The first-order valence-electron chi connectivity index (χ1n) is 9.35. The zero-order valence-corrected chi connectivity index (χ0v) is 16.6. The summed E-state index contributed by atoms with van der Waals surface area (Å²) >= 11 is 0. The van der Waals surface area contributed by atoms with Gasteiger partial charge in [-0.2, -0.15) is 0 Å². The minimum atomic E-state index is -0.0646. The average Bonchev–Trinajstić information content (AvgIpc) is 2.70. The fourth-order valence-electron chi connectivity index (χ4n) is 2.53. The number of rotatable bonds is 10. The van der Waals surface area contributed by atoms with Crippen LogP contribution in [-0.4, -0.2) is 26.1 Å². The van der Waals surface area contributed by atoms with Gasteiger partial charge in [-0.25, -0.2) is 0 Å². The molecule has 144 valence electrons. The highest BCUT2D eigenvalue weighted by Crippen LogP contribution is 2.31. The minimum Gasteiger partial charge on any atom is -0.497 e. The molecule has 0 heterocycles. The van der Waals surface area contributed by atoms with Crippen molar-refractivity contribution in [3.8, 4) is 17.2 Å². The first-order chi connectivity index (χ1) is 13.1. The maximum absolute atomic E-state index is 12.4. The van der Waals surface area contributed by atoms with Crippen LogP contribution in [0, 0.1) is 6.92 Å². The van der Waals surface area contributed by atoms with Crippen LogP contribution in [-0.2, 0) is 0 Å². The molecule has 0 spiro atoms. The molecule has 0 aromatic heterocycles. The second kappa shape index (κ2) is 10.4. The molecule has 0 N–H and O–H groups in total. The van der Waals surface area contributed by atoms with Gasteiger partial charge >= 0.3 is 0 Å². The summed E-state index contributed by atoms with van der Waals surface area (Å²) in [5.74, 6) is 2.25. The number of ether oxygens (including phenoxy) is 3. The zero-order valence-electron chi connectivity index (χ0n) is 16.6. The first kappa shape index (κ1) is 20.6. The standard InChI is InChI=1S/C23H28O4/c1-5-13-26-22-15-18(16-23(17(22)3)27-14-6-2)7-12-21(24)19-8-10-20(25-4)11-9-19/h7-12,15-16H,5-6,13-14H2,1-4H3. The van der Waals surface area contributed by atoms with Crippen molar-refractivity contribution in [1.82, 2.24) is 0 Å². The molecule has 4 nitrogen and oxygen atoms in total. The summed E-state index contributed by atoms with van der Waals surface area (Å²) in [4.78, 5) is 12.4. The predicted molar refractivity (Wildman–Crippen MR) is 109 cm³/mol. The quantitative estimate of drug-likeness (QED) is 0.412. The molecular weight excluding hydrogens is 340 g/mol. The molecule has 0 aliphatic carbocycles. The van der Waals surface area contributed by atoms with E-state index in [2.05, 4.69) is 13.8 Å². The lowest BCUT2D eigenvalue weighted by atomic mass is 10.1. The number of benzene rings is 2. The fourth-order valence-corrected chi connectivity index (χ4v) is 2.53. The first-order valence-corrected chi connectivity index (χ1v) is 9.35. The molecule has 4 heteroatoms. The molecule has 0 aliphatic rings. The van der Waals surface area contributed by atoms with Crippen molar-refractivity contribution in [3.63, 3.8) is 0 Å². The van der Waals surface area contributed by atoms with E-state index in [4.69, 9.17) is 14.2 Å².